The molecule has 5 nitrogen and oxygen atoms in total. The lowest BCUT2D eigenvalue weighted by Crippen LogP contribution is -2.43. The summed E-state index contributed by atoms with van der Waals surface area (Å²) in [6.07, 6.45) is 2.59. The highest BCUT2D eigenvalue weighted by Crippen LogP contribution is 2.51. The number of sulfonamides is 1. The number of primary sulfonamides is 1. The predicted octanol–water partition coefficient (Wildman–Crippen LogP) is 1.03. The summed E-state index contributed by atoms with van der Waals surface area (Å²) in [7, 11) is -3.62. The lowest BCUT2D eigenvalue weighted by molar-refractivity contribution is -0.141. The average Bonchev–Trinajstić information content (AvgIpc) is 2.36. The van der Waals surface area contributed by atoms with E-state index >= 15 is 0 Å². The molecule has 0 aromatic carbocycles. The van der Waals surface area contributed by atoms with Gasteiger partial charge in [-0.05, 0) is 31.1 Å². The summed E-state index contributed by atoms with van der Waals surface area (Å²) in [4.78, 5) is 11.6. The van der Waals surface area contributed by atoms with Crippen molar-refractivity contribution in [1.82, 2.24) is 0 Å². The molecule has 2 rings (SSSR count). The van der Waals surface area contributed by atoms with E-state index in [2.05, 4.69) is 13.8 Å². The van der Waals surface area contributed by atoms with Crippen molar-refractivity contribution in [2.24, 2.45) is 22.4 Å². The Balaban J connectivity index is 2.25. The van der Waals surface area contributed by atoms with E-state index in [1.807, 2.05) is 0 Å². The molecule has 1 saturated carbocycles. The Labute approximate surface area is 108 Å². The van der Waals surface area contributed by atoms with Gasteiger partial charge in [0.05, 0.1) is 6.42 Å². The molecule has 3 atom stereocenters. The first kappa shape index (κ1) is 13.8. The average molecular weight is 275 g/mol. The molecule has 2 aliphatic rings. The molecule has 6 heteroatoms. The highest BCUT2D eigenvalue weighted by molar-refractivity contribution is 7.89. The van der Waals surface area contributed by atoms with Crippen LogP contribution in [-0.2, 0) is 19.6 Å². The summed E-state index contributed by atoms with van der Waals surface area (Å²) in [5.41, 5.74) is -0.319. The maximum absolute atomic E-state index is 11.6. The predicted molar refractivity (Wildman–Crippen MR) is 67.1 cm³/mol. The molecule has 0 aromatic heterocycles. The SMILES string of the molecule is CC1CC(C)CC2(CC(=O)OC2CS(N)(=O)=O)C1. The third-order valence-electron chi connectivity index (χ3n) is 4.15. The van der Waals surface area contributed by atoms with Crippen molar-refractivity contribution in [2.75, 3.05) is 5.75 Å². The van der Waals surface area contributed by atoms with Gasteiger partial charge in [-0.3, -0.25) is 4.79 Å². The number of carbonyl (C=O) groups excluding carboxylic acids is 1. The Morgan fingerprint density at radius 3 is 2.39 bits per heavy atom. The lowest BCUT2D eigenvalue weighted by atomic mass is 9.63. The fraction of sp³-hybridized carbons (Fsp3) is 0.917. The molecule has 18 heavy (non-hydrogen) atoms. The summed E-state index contributed by atoms with van der Waals surface area (Å²) in [5.74, 6) is 0.445. The van der Waals surface area contributed by atoms with Gasteiger partial charge in [0.1, 0.15) is 11.9 Å². The monoisotopic (exact) mass is 275 g/mol. The van der Waals surface area contributed by atoms with Gasteiger partial charge in [-0.15, -0.1) is 0 Å². The molecule has 0 radical (unpaired) electrons. The first-order valence-corrected chi connectivity index (χ1v) is 8.12. The molecule has 1 saturated heterocycles. The van der Waals surface area contributed by atoms with Gasteiger partial charge in [-0.2, -0.15) is 0 Å². The summed E-state index contributed by atoms with van der Waals surface area (Å²) >= 11 is 0. The minimum atomic E-state index is -3.62. The van der Waals surface area contributed by atoms with Crippen LogP contribution in [0.1, 0.15) is 39.5 Å². The molecule has 104 valence electrons. The summed E-state index contributed by atoms with van der Waals surface area (Å²) < 4.78 is 27.8. The van der Waals surface area contributed by atoms with Gasteiger partial charge in [0.2, 0.25) is 10.0 Å². The van der Waals surface area contributed by atoms with Crippen molar-refractivity contribution < 1.29 is 17.9 Å². The molecule has 1 heterocycles. The maximum Gasteiger partial charge on any atom is 0.306 e. The van der Waals surface area contributed by atoms with Crippen LogP contribution in [0, 0.1) is 17.3 Å². The van der Waals surface area contributed by atoms with E-state index in [4.69, 9.17) is 9.88 Å². The number of ether oxygens (including phenoxy) is 1. The Morgan fingerprint density at radius 1 is 1.33 bits per heavy atom. The zero-order valence-electron chi connectivity index (χ0n) is 10.9. The molecule has 1 aliphatic heterocycles. The van der Waals surface area contributed by atoms with Crippen molar-refractivity contribution in [2.45, 2.75) is 45.6 Å². The highest BCUT2D eigenvalue weighted by atomic mass is 32.2. The minimum absolute atomic E-state index is 0.252. The van der Waals surface area contributed by atoms with Crippen LogP contribution >= 0.6 is 0 Å². The fourth-order valence-corrected chi connectivity index (χ4v) is 4.72. The number of esters is 1. The zero-order chi connectivity index (χ0) is 13.6. The second kappa shape index (κ2) is 4.49. The van der Waals surface area contributed by atoms with E-state index in [0.717, 1.165) is 19.3 Å². The number of carbonyl (C=O) groups is 1. The fourth-order valence-electron chi connectivity index (χ4n) is 3.88. The first-order valence-electron chi connectivity index (χ1n) is 6.40. The van der Waals surface area contributed by atoms with Crippen LogP contribution in [-0.4, -0.2) is 26.2 Å². The third kappa shape index (κ3) is 2.85. The number of cyclic esters (lactones) is 1. The molecule has 0 amide bonds. The minimum Gasteiger partial charge on any atom is -0.461 e. The van der Waals surface area contributed by atoms with E-state index in [1.165, 1.54) is 0 Å². The van der Waals surface area contributed by atoms with Gasteiger partial charge < -0.3 is 4.74 Å². The van der Waals surface area contributed by atoms with Crippen LogP contribution in [0.2, 0.25) is 0 Å². The second-order valence-corrected chi connectivity index (χ2v) is 7.86. The van der Waals surface area contributed by atoms with E-state index in [-0.39, 0.29) is 17.1 Å². The molecule has 1 spiro atoms. The number of nitrogens with two attached hydrogens (primary N) is 1. The van der Waals surface area contributed by atoms with E-state index in [1.54, 1.807) is 0 Å². The molecule has 0 bridgehead atoms. The Kier molecular flexibility index (Phi) is 3.44. The Hall–Kier alpha value is -0.620. The number of hydrogen-bond donors (Lipinski definition) is 1. The molecule has 0 aromatic rings. The van der Waals surface area contributed by atoms with Crippen molar-refractivity contribution >= 4 is 16.0 Å². The van der Waals surface area contributed by atoms with E-state index in [9.17, 15) is 13.2 Å². The zero-order valence-corrected chi connectivity index (χ0v) is 11.7. The van der Waals surface area contributed by atoms with Gasteiger partial charge in [-0.1, -0.05) is 13.8 Å². The van der Waals surface area contributed by atoms with Crippen molar-refractivity contribution in [1.29, 1.82) is 0 Å². The standard InChI is InChI=1S/C12H21NO4S/c1-8-3-9(2)5-12(4-8)6-11(14)17-10(12)7-18(13,15)16/h8-10H,3-7H2,1-2H3,(H2,13,15,16). The Morgan fingerprint density at radius 2 is 1.89 bits per heavy atom. The quantitative estimate of drug-likeness (QED) is 0.763. The molecule has 3 unspecified atom stereocenters. The van der Waals surface area contributed by atoms with Crippen molar-refractivity contribution in [3.05, 3.63) is 0 Å². The molecular weight excluding hydrogens is 254 g/mol. The molecule has 2 fully saturated rings. The van der Waals surface area contributed by atoms with Gasteiger partial charge in [0, 0.05) is 5.41 Å². The van der Waals surface area contributed by atoms with Gasteiger partial charge in [0.25, 0.3) is 0 Å². The summed E-state index contributed by atoms with van der Waals surface area (Å²) in [6.45, 7) is 4.29. The van der Waals surface area contributed by atoms with Gasteiger partial charge in [0.15, 0.2) is 0 Å². The third-order valence-corrected chi connectivity index (χ3v) is 4.92. The molecular formula is C12H21NO4S. The highest BCUT2D eigenvalue weighted by Gasteiger charge is 2.52. The lowest BCUT2D eigenvalue weighted by Gasteiger charge is -2.41. The van der Waals surface area contributed by atoms with Crippen molar-refractivity contribution in [3.8, 4) is 0 Å². The second-order valence-electron chi connectivity index (χ2n) is 6.20. The maximum atomic E-state index is 11.6. The van der Waals surface area contributed by atoms with Crippen LogP contribution in [0.4, 0.5) is 0 Å². The van der Waals surface area contributed by atoms with E-state index in [0.29, 0.717) is 18.3 Å². The van der Waals surface area contributed by atoms with Crippen LogP contribution in [0.25, 0.3) is 0 Å². The first-order chi connectivity index (χ1) is 8.20. The van der Waals surface area contributed by atoms with Gasteiger partial charge in [-0.25, -0.2) is 13.6 Å². The van der Waals surface area contributed by atoms with Crippen LogP contribution in [0.3, 0.4) is 0 Å². The molecule has 2 N–H and O–H groups in total. The van der Waals surface area contributed by atoms with E-state index < -0.39 is 16.1 Å². The van der Waals surface area contributed by atoms with Crippen LogP contribution in [0.5, 0.6) is 0 Å². The largest absolute Gasteiger partial charge is 0.461 e. The summed E-state index contributed by atoms with van der Waals surface area (Å²) in [6, 6.07) is 0. The smallest absolute Gasteiger partial charge is 0.306 e. The Bertz CT molecular complexity index is 435. The number of hydrogen-bond acceptors (Lipinski definition) is 4. The normalized spacial score (nSPS) is 41.1. The topological polar surface area (TPSA) is 86.5 Å². The number of rotatable bonds is 2. The van der Waals surface area contributed by atoms with Crippen LogP contribution < -0.4 is 5.14 Å². The van der Waals surface area contributed by atoms with Crippen molar-refractivity contribution in [3.63, 3.8) is 0 Å². The molecule has 1 aliphatic carbocycles. The van der Waals surface area contributed by atoms with Gasteiger partial charge >= 0.3 is 5.97 Å². The van der Waals surface area contributed by atoms with Crippen LogP contribution in [0.15, 0.2) is 0 Å². The summed E-state index contributed by atoms with van der Waals surface area (Å²) in [5, 5.41) is 5.10.